The zero-order chi connectivity index (χ0) is 11.6. The molecule has 1 aromatic carbocycles. The van der Waals surface area contributed by atoms with E-state index in [0.29, 0.717) is 10.2 Å². The molecule has 1 aromatic rings. The van der Waals surface area contributed by atoms with E-state index in [2.05, 4.69) is 35.0 Å². The van der Waals surface area contributed by atoms with Gasteiger partial charge in [0.1, 0.15) is 0 Å². The predicted octanol–water partition coefficient (Wildman–Crippen LogP) is 5.23. The van der Waals surface area contributed by atoms with E-state index < -0.39 is 0 Å². The van der Waals surface area contributed by atoms with Crippen molar-refractivity contribution in [3.63, 3.8) is 0 Å². The first-order valence-corrected chi connectivity index (χ1v) is 7.28. The number of rotatable bonds is 3. The standard InChI is InChI=1S/C14H18BrCl/c1-14(7-2-3-8-14)13(15)10-11-5-4-6-12(16)9-11/h4-6,9,13H,2-3,7-8,10H2,1H3. The molecular formula is C14H18BrCl. The maximum atomic E-state index is 6.01. The Hall–Kier alpha value is -0.0100. The Labute approximate surface area is 112 Å². The van der Waals surface area contributed by atoms with Crippen molar-refractivity contribution in [2.24, 2.45) is 5.41 Å². The van der Waals surface area contributed by atoms with Crippen LogP contribution >= 0.6 is 27.5 Å². The molecule has 0 bridgehead atoms. The Kier molecular flexibility index (Phi) is 3.97. The summed E-state index contributed by atoms with van der Waals surface area (Å²) >= 11 is 9.89. The zero-order valence-electron chi connectivity index (χ0n) is 9.68. The third-order valence-electron chi connectivity index (χ3n) is 3.81. The van der Waals surface area contributed by atoms with Crippen molar-refractivity contribution in [1.82, 2.24) is 0 Å². The van der Waals surface area contributed by atoms with Gasteiger partial charge >= 0.3 is 0 Å². The van der Waals surface area contributed by atoms with Crippen LogP contribution in [-0.4, -0.2) is 4.83 Å². The number of alkyl halides is 1. The monoisotopic (exact) mass is 300 g/mol. The van der Waals surface area contributed by atoms with E-state index >= 15 is 0 Å². The van der Waals surface area contributed by atoms with Gasteiger partial charge in [-0.2, -0.15) is 0 Å². The number of halogens is 2. The summed E-state index contributed by atoms with van der Waals surface area (Å²) in [6, 6.07) is 8.21. The highest BCUT2D eigenvalue weighted by Crippen LogP contribution is 2.44. The van der Waals surface area contributed by atoms with Crippen LogP contribution in [0.2, 0.25) is 5.02 Å². The molecule has 2 heteroatoms. The highest BCUT2D eigenvalue weighted by molar-refractivity contribution is 9.09. The fraction of sp³-hybridized carbons (Fsp3) is 0.571. The molecular weight excluding hydrogens is 284 g/mol. The van der Waals surface area contributed by atoms with Gasteiger partial charge in [0.15, 0.2) is 0 Å². The predicted molar refractivity (Wildman–Crippen MR) is 74.4 cm³/mol. The van der Waals surface area contributed by atoms with Crippen LogP contribution in [-0.2, 0) is 6.42 Å². The van der Waals surface area contributed by atoms with Crippen molar-refractivity contribution in [2.75, 3.05) is 0 Å². The van der Waals surface area contributed by atoms with Gasteiger partial charge in [0.2, 0.25) is 0 Å². The smallest absolute Gasteiger partial charge is 0.0408 e. The van der Waals surface area contributed by atoms with Crippen LogP contribution in [0.5, 0.6) is 0 Å². The first kappa shape index (κ1) is 12.4. The van der Waals surface area contributed by atoms with Crippen molar-refractivity contribution in [1.29, 1.82) is 0 Å². The Bertz CT molecular complexity index is 356. The van der Waals surface area contributed by atoms with Crippen LogP contribution in [0.4, 0.5) is 0 Å². The molecule has 1 atom stereocenters. The van der Waals surface area contributed by atoms with Crippen LogP contribution in [0.1, 0.15) is 38.2 Å². The minimum absolute atomic E-state index is 0.475. The van der Waals surface area contributed by atoms with E-state index in [1.54, 1.807) is 0 Å². The Morgan fingerprint density at radius 3 is 2.69 bits per heavy atom. The Morgan fingerprint density at radius 1 is 1.38 bits per heavy atom. The summed E-state index contributed by atoms with van der Waals surface area (Å²) in [6.07, 6.45) is 6.55. The second-order valence-corrected chi connectivity index (χ2v) is 6.70. The van der Waals surface area contributed by atoms with Gasteiger partial charge in [0.25, 0.3) is 0 Å². The first-order chi connectivity index (χ1) is 7.60. The van der Waals surface area contributed by atoms with Gasteiger partial charge in [-0.15, -0.1) is 0 Å². The van der Waals surface area contributed by atoms with E-state index in [9.17, 15) is 0 Å². The van der Waals surface area contributed by atoms with Gasteiger partial charge in [-0.1, -0.05) is 59.4 Å². The van der Waals surface area contributed by atoms with E-state index in [1.807, 2.05) is 12.1 Å². The van der Waals surface area contributed by atoms with Gasteiger partial charge in [-0.3, -0.25) is 0 Å². The zero-order valence-corrected chi connectivity index (χ0v) is 12.0. The second-order valence-electron chi connectivity index (χ2n) is 5.16. The molecule has 1 aliphatic rings. The molecule has 16 heavy (non-hydrogen) atoms. The van der Waals surface area contributed by atoms with Crippen LogP contribution in [0.15, 0.2) is 24.3 Å². The van der Waals surface area contributed by atoms with E-state index in [-0.39, 0.29) is 0 Å². The summed E-state index contributed by atoms with van der Waals surface area (Å²) in [5.74, 6) is 0. The third-order valence-corrected chi connectivity index (χ3v) is 5.47. The maximum absolute atomic E-state index is 6.01. The second kappa shape index (κ2) is 5.10. The fourth-order valence-corrected chi connectivity index (χ4v) is 3.66. The molecule has 0 saturated heterocycles. The summed E-state index contributed by atoms with van der Waals surface area (Å²) < 4.78 is 0. The topological polar surface area (TPSA) is 0 Å². The molecule has 1 fully saturated rings. The lowest BCUT2D eigenvalue weighted by Gasteiger charge is -2.30. The molecule has 0 N–H and O–H groups in total. The molecule has 2 rings (SSSR count). The minimum Gasteiger partial charge on any atom is -0.0881 e. The largest absolute Gasteiger partial charge is 0.0881 e. The maximum Gasteiger partial charge on any atom is 0.0408 e. The van der Waals surface area contributed by atoms with Gasteiger partial charge in [0, 0.05) is 9.85 Å². The average Bonchev–Trinajstić information content (AvgIpc) is 2.66. The highest BCUT2D eigenvalue weighted by atomic mass is 79.9. The molecule has 0 heterocycles. The van der Waals surface area contributed by atoms with E-state index in [4.69, 9.17) is 11.6 Å². The first-order valence-electron chi connectivity index (χ1n) is 5.99. The van der Waals surface area contributed by atoms with Crippen LogP contribution < -0.4 is 0 Å². The highest BCUT2D eigenvalue weighted by Gasteiger charge is 2.35. The SMILES string of the molecule is CC1(C(Br)Cc2cccc(Cl)c2)CCCC1. The van der Waals surface area contributed by atoms with Crippen LogP contribution in [0.25, 0.3) is 0 Å². The lowest BCUT2D eigenvalue weighted by molar-refractivity contribution is 0.325. The number of hydrogen-bond acceptors (Lipinski definition) is 0. The normalized spacial score (nSPS) is 20.9. The molecule has 1 aliphatic carbocycles. The van der Waals surface area contributed by atoms with Gasteiger partial charge in [0.05, 0.1) is 0 Å². The molecule has 0 amide bonds. The summed E-state index contributed by atoms with van der Waals surface area (Å²) in [7, 11) is 0. The van der Waals surface area contributed by atoms with Gasteiger partial charge in [-0.25, -0.2) is 0 Å². The molecule has 0 aliphatic heterocycles. The summed E-state index contributed by atoms with van der Waals surface area (Å²) in [5, 5.41) is 0.841. The molecule has 0 spiro atoms. The van der Waals surface area contributed by atoms with E-state index in [1.165, 1.54) is 31.2 Å². The van der Waals surface area contributed by atoms with Crippen molar-refractivity contribution < 1.29 is 0 Å². The van der Waals surface area contributed by atoms with Crippen LogP contribution in [0, 0.1) is 5.41 Å². The van der Waals surface area contributed by atoms with Crippen molar-refractivity contribution in [3.8, 4) is 0 Å². The fourth-order valence-electron chi connectivity index (χ4n) is 2.61. The van der Waals surface area contributed by atoms with Crippen LogP contribution in [0.3, 0.4) is 0 Å². The van der Waals surface area contributed by atoms with Crippen molar-refractivity contribution in [3.05, 3.63) is 34.9 Å². The summed E-state index contributed by atoms with van der Waals surface area (Å²) in [5.41, 5.74) is 1.81. The lowest BCUT2D eigenvalue weighted by Crippen LogP contribution is -2.26. The average molecular weight is 302 g/mol. The quantitative estimate of drug-likeness (QED) is 0.671. The lowest BCUT2D eigenvalue weighted by atomic mass is 9.82. The van der Waals surface area contributed by atoms with Gasteiger partial charge < -0.3 is 0 Å². The summed E-state index contributed by atoms with van der Waals surface area (Å²) in [6.45, 7) is 2.41. The minimum atomic E-state index is 0.475. The Balaban J connectivity index is 2.04. The van der Waals surface area contributed by atoms with Crippen molar-refractivity contribution >= 4 is 27.5 Å². The number of benzene rings is 1. The third kappa shape index (κ3) is 2.81. The van der Waals surface area contributed by atoms with Crippen molar-refractivity contribution in [2.45, 2.75) is 43.9 Å². The molecule has 88 valence electrons. The van der Waals surface area contributed by atoms with E-state index in [0.717, 1.165) is 11.4 Å². The van der Waals surface area contributed by atoms with Gasteiger partial charge in [-0.05, 0) is 42.4 Å². The molecule has 0 aromatic heterocycles. The number of hydrogen-bond donors (Lipinski definition) is 0. The molecule has 1 saturated carbocycles. The molecule has 1 unspecified atom stereocenters. The molecule has 0 nitrogen and oxygen atoms in total. The molecule has 0 radical (unpaired) electrons. The Morgan fingerprint density at radius 2 is 2.06 bits per heavy atom. The summed E-state index contributed by atoms with van der Waals surface area (Å²) in [4.78, 5) is 0.570.